The van der Waals surface area contributed by atoms with E-state index in [0.29, 0.717) is 12.0 Å². The molecule has 0 aliphatic heterocycles. The zero-order valence-electron chi connectivity index (χ0n) is 8.59. The van der Waals surface area contributed by atoms with E-state index in [1.165, 1.54) is 32.1 Å². The molecule has 0 heterocycles. The topological polar surface area (TPSA) is 63.3 Å². The van der Waals surface area contributed by atoms with Gasteiger partial charge in [0.1, 0.15) is 0 Å². The van der Waals surface area contributed by atoms with Crippen molar-refractivity contribution in [1.82, 2.24) is 0 Å². The fourth-order valence-electron chi connectivity index (χ4n) is 3.42. The lowest BCUT2D eigenvalue weighted by atomic mass is 9.48. The van der Waals surface area contributed by atoms with Crippen LogP contribution in [0.2, 0.25) is 0 Å². The molecule has 2 fully saturated rings. The molecule has 14 heavy (non-hydrogen) atoms. The summed E-state index contributed by atoms with van der Waals surface area (Å²) in [6.07, 6.45) is 7.98. The molecule has 0 amide bonds. The number of rotatable bonds is 2. The van der Waals surface area contributed by atoms with E-state index in [9.17, 15) is 4.79 Å². The smallest absolute Gasteiger partial charge is 0.310 e. The summed E-state index contributed by atoms with van der Waals surface area (Å²) in [7, 11) is 0. The zero-order chi connectivity index (χ0) is 10.2. The molecule has 0 saturated heterocycles. The number of carboxylic acids is 1. The largest absolute Gasteiger partial charge is 0.481 e. The second-order valence-electron chi connectivity index (χ2n) is 5.20. The number of carbonyl (C=O) groups is 1. The summed E-state index contributed by atoms with van der Waals surface area (Å²) in [4.78, 5) is 11.1. The van der Waals surface area contributed by atoms with Crippen LogP contribution in [0.15, 0.2) is 0 Å². The molecule has 2 aliphatic rings. The summed E-state index contributed by atoms with van der Waals surface area (Å²) in [5.74, 6) is -0.684. The summed E-state index contributed by atoms with van der Waals surface area (Å²) in [5.41, 5.74) is 5.36. The third kappa shape index (κ3) is 1.34. The average molecular weight is 197 g/mol. The summed E-state index contributed by atoms with van der Waals surface area (Å²) >= 11 is 0. The van der Waals surface area contributed by atoms with Gasteiger partial charge >= 0.3 is 5.97 Å². The third-order valence-corrected chi connectivity index (χ3v) is 4.19. The van der Waals surface area contributed by atoms with Crippen molar-refractivity contribution in [3.63, 3.8) is 0 Å². The second kappa shape index (κ2) is 3.23. The lowest BCUT2D eigenvalue weighted by Crippen LogP contribution is -2.55. The van der Waals surface area contributed by atoms with Crippen LogP contribution in [0.4, 0.5) is 0 Å². The van der Waals surface area contributed by atoms with Crippen LogP contribution in [0.25, 0.3) is 0 Å². The van der Waals surface area contributed by atoms with Gasteiger partial charge in [-0.1, -0.05) is 19.3 Å². The predicted molar refractivity (Wildman–Crippen MR) is 53.9 cm³/mol. The predicted octanol–water partition coefficient (Wildman–Crippen LogP) is 1.76. The van der Waals surface area contributed by atoms with Crippen molar-refractivity contribution >= 4 is 5.97 Å². The lowest BCUT2D eigenvalue weighted by Gasteiger charge is -2.55. The first-order chi connectivity index (χ1) is 6.63. The molecule has 0 aromatic heterocycles. The monoisotopic (exact) mass is 197 g/mol. The highest BCUT2D eigenvalue weighted by atomic mass is 16.4. The van der Waals surface area contributed by atoms with Gasteiger partial charge in [0, 0.05) is 6.54 Å². The molecule has 3 N–H and O–H groups in total. The van der Waals surface area contributed by atoms with Crippen molar-refractivity contribution in [2.75, 3.05) is 6.54 Å². The molecule has 80 valence electrons. The number of aliphatic carboxylic acids is 1. The number of hydrogen-bond donors (Lipinski definition) is 2. The summed E-state index contributed by atoms with van der Waals surface area (Å²) in [5, 5.41) is 9.12. The summed E-state index contributed by atoms with van der Waals surface area (Å²) in [6, 6.07) is 0. The van der Waals surface area contributed by atoms with Crippen molar-refractivity contribution in [2.24, 2.45) is 16.6 Å². The number of hydrogen-bond acceptors (Lipinski definition) is 2. The van der Waals surface area contributed by atoms with Crippen molar-refractivity contribution in [3.8, 4) is 0 Å². The Kier molecular flexibility index (Phi) is 2.30. The minimum Gasteiger partial charge on any atom is -0.481 e. The first kappa shape index (κ1) is 9.97. The maximum Gasteiger partial charge on any atom is 0.310 e. The van der Waals surface area contributed by atoms with E-state index in [1.54, 1.807) is 0 Å². The van der Waals surface area contributed by atoms with Crippen LogP contribution < -0.4 is 5.73 Å². The normalized spacial score (nSPS) is 28.4. The van der Waals surface area contributed by atoms with Crippen LogP contribution in [0.5, 0.6) is 0 Å². The van der Waals surface area contributed by atoms with Gasteiger partial charge in [0.25, 0.3) is 0 Å². The molecular weight excluding hydrogens is 178 g/mol. The zero-order valence-corrected chi connectivity index (χ0v) is 8.59. The van der Waals surface area contributed by atoms with Crippen LogP contribution in [0, 0.1) is 10.8 Å². The Morgan fingerprint density at radius 2 is 1.79 bits per heavy atom. The Balaban J connectivity index is 2.01. The fraction of sp³-hybridized carbons (Fsp3) is 0.909. The Bertz CT molecular complexity index is 236. The first-order valence-corrected chi connectivity index (χ1v) is 5.56. The Labute approximate surface area is 84.7 Å². The minimum atomic E-state index is -0.684. The minimum absolute atomic E-state index is 0.310. The molecule has 0 radical (unpaired) electrons. The van der Waals surface area contributed by atoms with E-state index in [0.717, 1.165) is 12.8 Å². The van der Waals surface area contributed by atoms with Crippen molar-refractivity contribution in [2.45, 2.75) is 44.9 Å². The van der Waals surface area contributed by atoms with Gasteiger partial charge in [0.2, 0.25) is 0 Å². The maximum absolute atomic E-state index is 11.1. The van der Waals surface area contributed by atoms with E-state index < -0.39 is 11.4 Å². The molecular formula is C11H19NO2. The number of nitrogens with two attached hydrogens (primary N) is 1. The van der Waals surface area contributed by atoms with E-state index in [4.69, 9.17) is 10.8 Å². The molecule has 0 unspecified atom stereocenters. The van der Waals surface area contributed by atoms with E-state index in [-0.39, 0.29) is 0 Å². The Morgan fingerprint density at radius 3 is 2.21 bits per heavy atom. The van der Waals surface area contributed by atoms with Crippen LogP contribution in [-0.4, -0.2) is 17.6 Å². The highest BCUT2D eigenvalue weighted by Crippen LogP contribution is 2.60. The Hall–Kier alpha value is -0.570. The molecule has 0 aromatic rings. The number of carboxylic acid groups (broad SMARTS) is 1. The fourth-order valence-corrected chi connectivity index (χ4v) is 3.42. The molecule has 3 heteroatoms. The van der Waals surface area contributed by atoms with E-state index in [2.05, 4.69) is 0 Å². The highest BCUT2D eigenvalue weighted by Gasteiger charge is 2.57. The standard InChI is InChI=1S/C11H19NO2/c12-8-11(9(13)14)6-10(7-11)4-2-1-3-5-10/h1-8,12H2,(H,13,14). The second-order valence-corrected chi connectivity index (χ2v) is 5.20. The molecule has 0 atom stereocenters. The van der Waals surface area contributed by atoms with Crippen molar-refractivity contribution in [3.05, 3.63) is 0 Å². The van der Waals surface area contributed by atoms with E-state index in [1.807, 2.05) is 0 Å². The van der Waals surface area contributed by atoms with Gasteiger partial charge in [-0.05, 0) is 31.1 Å². The molecule has 2 saturated carbocycles. The lowest BCUT2D eigenvalue weighted by molar-refractivity contribution is -0.167. The van der Waals surface area contributed by atoms with Crippen molar-refractivity contribution < 1.29 is 9.90 Å². The summed E-state index contributed by atoms with van der Waals surface area (Å²) in [6.45, 7) is 0.310. The van der Waals surface area contributed by atoms with Crippen molar-refractivity contribution in [1.29, 1.82) is 0 Å². The SMILES string of the molecule is NCC1(C(=O)O)CC2(CCCCC2)C1. The molecule has 3 nitrogen and oxygen atoms in total. The highest BCUT2D eigenvalue weighted by molar-refractivity contribution is 5.76. The van der Waals surface area contributed by atoms with Crippen LogP contribution in [0.3, 0.4) is 0 Å². The van der Waals surface area contributed by atoms with Gasteiger partial charge in [0.05, 0.1) is 5.41 Å². The van der Waals surface area contributed by atoms with Crippen LogP contribution in [-0.2, 0) is 4.79 Å². The Morgan fingerprint density at radius 1 is 1.21 bits per heavy atom. The van der Waals surface area contributed by atoms with Crippen LogP contribution >= 0.6 is 0 Å². The molecule has 1 spiro atoms. The van der Waals surface area contributed by atoms with Crippen LogP contribution in [0.1, 0.15) is 44.9 Å². The van der Waals surface area contributed by atoms with E-state index >= 15 is 0 Å². The maximum atomic E-state index is 11.1. The average Bonchev–Trinajstić information content (AvgIpc) is 2.14. The molecule has 2 rings (SSSR count). The quantitative estimate of drug-likeness (QED) is 0.709. The van der Waals surface area contributed by atoms with Gasteiger partial charge < -0.3 is 10.8 Å². The third-order valence-electron chi connectivity index (χ3n) is 4.19. The molecule has 0 aromatic carbocycles. The van der Waals surface area contributed by atoms with Gasteiger partial charge in [-0.3, -0.25) is 4.79 Å². The van der Waals surface area contributed by atoms with Gasteiger partial charge in [0.15, 0.2) is 0 Å². The first-order valence-electron chi connectivity index (χ1n) is 5.56. The molecule has 0 bridgehead atoms. The van der Waals surface area contributed by atoms with Gasteiger partial charge in [-0.15, -0.1) is 0 Å². The summed E-state index contributed by atoms with van der Waals surface area (Å²) < 4.78 is 0. The van der Waals surface area contributed by atoms with Gasteiger partial charge in [-0.25, -0.2) is 0 Å². The van der Waals surface area contributed by atoms with Gasteiger partial charge in [-0.2, -0.15) is 0 Å². The molecule has 2 aliphatic carbocycles.